The number of methoxy groups -OCH3 is 1. The van der Waals surface area contributed by atoms with Gasteiger partial charge in [-0.3, -0.25) is 0 Å². The van der Waals surface area contributed by atoms with Gasteiger partial charge in [0.05, 0.1) is 7.11 Å². The van der Waals surface area contributed by atoms with E-state index in [9.17, 15) is 14.2 Å². The van der Waals surface area contributed by atoms with Gasteiger partial charge in [0.15, 0.2) is 23.1 Å². The Labute approximate surface area is 95.7 Å². The summed E-state index contributed by atoms with van der Waals surface area (Å²) >= 11 is 0. The first-order valence-electron chi connectivity index (χ1n) is 4.66. The highest BCUT2D eigenvalue weighted by molar-refractivity contribution is 6.44. The normalized spacial score (nSPS) is 13.5. The summed E-state index contributed by atoms with van der Waals surface area (Å²) in [4.78, 5) is 11.0. The lowest BCUT2D eigenvalue weighted by Crippen LogP contribution is -2.35. The largest absolute Gasteiger partial charge is 0.563 e. The molecule has 0 saturated heterocycles. The van der Waals surface area contributed by atoms with Gasteiger partial charge >= 0.3 is 13.1 Å². The monoisotopic (exact) mass is 242 g/mol. The molecule has 1 aromatic carbocycles. The Kier molecular flexibility index (Phi) is 2.80. The van der Waals surface area contributed by atoms with Crippen LogP contribution in [0, 0.1) is 5.82 Å². The van der Waals surface area contributed by atoms with Crippen LogP contribution in [0.25, 0.3) is 0 Å². The number of carboxylic acid groups (broad SMARTS) is 1. The highest BCUT2D eigenvalue weighted by Gasteiger charge is 2.33. The minimum absolute atomic E-state index is 0.0778. The molecule has 1 aromatic rings. The Morgan fingerprint density at radius 1 is 1.65 bits per heavy atom. The highest BCUT2D eigenvalue weighted by atomic mass is 19.1. The molecule has 0 amide bonds. The van der Waals surface area contributed by atoms with E-state index in [0.29, 0.717) is 0 Å². The molecule has 0 aliphatic carbocycles. The first-order valence-corrected chi connectivity index (χ1v) is 4.66. The summed E-state index contributed by atoms with van der Waals surface area (Å²) in [5, 5.41) is 18.2. The van der Waals surface area contributed by atoms with Crippen LogP contribution in [-0.2, 0) is 0 Å². The van der Waals surface area contributed by atoms with E-state index in [1.807, 2.05) is 0 Å². The van der Waals surface area contributed by atoms with Crippen molar-refractivity contribution in [3.8, 4) is 17.2 Å². The summed E-state index contributed by atoms with van der Waals surface area (Å²) in [6.07, 6.45) is 0. The van der Waals surface area contributed by atoms with E-state index in [1.165, 1.54) is 0 Å². The molecule has 1 aliphatic heterocycles. The van der Waals surface area contributed by atoms with Crippen LogP contribution < -0.4 is 14.1 Å². The standard InChI is InChI=1S/C9H8BFO6/c1-15-7-4(11)2-5-8(6(7)9(12)13)17-10(14)3-16-5/h2,14H,3H2,1H3,(H,12,13). The van der Waals surface area contributed by atoms with Crippen molar-refractivity contribution in [3.05, 3.63) is 17.4 Å². The molecule has 1 aliphatic rings. The van der Waals surface area contributed by atoms with Crippen LogP contribution in [0.1, 0.15) is 10.4 Å². The lowest BCUT2D eigenvalue weighted by Gasteiger charge is -2.23. The maximum Gasteiger partial charge on any atom is 0.563 e. The first kappa shape index (κ1) is 11.5. The van der Waals surface area contributed by atoms with E-state index in [2.05, 4.69) is 4.74 Å². The van der Waals surface area contributed by atoms with Crippen LogP contribution in [-0.4, -0.2) is 36.8 Å². The molecule has 17 heavy (non-hydrogen) atoms. The highest BCUT2D eigenvalue weighted by Crippen LogP contribution is 2.41. The molecule has 0 spiro atoms. The predicted molar refractivity (Wildman–Crippen MR) is 54.0 cm³/mol. The fraction of sp³-hybridized carbons (Fsp3) is 0.222. The molecule has 0 atom stereocenters. The molecular weight excluding hydrogens is 234 g/mol. The fourth-order valence-electron chi connectivity index (χ4n) is 1.54. The zero-order valence-electron chi connectivity index (χ0n) is 8.77. The van der Waals surface area contributed by atoms with Crippen molar-refractivity contribution < 1.29 is 33.4 Å². The Morgan fingerprint density at radius 3 is 2.94 bits per heavy atom. The topological polar surface area (TPSA) is 85.2 Å². The minimum Gasteiger partial charge on any atom is -0.531 e. The number of fused-ring (bicyclic) bond motifs is 1. The van der Waals surface area contributed by atoms with Gasteiger partial charge in [-0.05, 0) is 0 Å². The van der Waals surface area contributed by atoms with Gasteiger partial charge in [0.1, 0.15) is 12.1 Å². The second kappa shape index (κ2) is 4.13. The van der Waals surface area contributed by atoms with E-state index in [1.54, 1.807) is 0 Å². The van der Waals surface area contributed by atoms with Crippen molar-refractivity contribution >= 4 is 13.1 Å². The SMILES string of the molecule is COc1c(F)cc2c(c1C(=O)O)OB(O)CO2. The molecule has 0 aromatic heterocycles. The van der Waals surface area contributed by atoms with Gasteiger partial charge in [0, 0.05) is 6.07 Å². The van der Waals surface area contributed by atoms with E-state index < -0.39 is 30.2 Å². The summed E-state index contributed by atoms with van der Waals surface area (Å²) < 4.78 is 28.1. The summed E-state index contributed by atoms with van der Waals surface area (Å²) in [6.45, 7) is -0.197. The number of ether oxygens (including phenoxy) is 2. The fourth-order valence-corrected chi connectivity index (χ4v) is 1.54. The molecule has 0 radical (unpaired) electrons. The zero-order chi connectivity index (χ0) is 12.6. The second-order valence-electron chi connectivity index (χ2n) is 3.28. The number of hydrogen-bond donors (Lipinski definition) is 2. The van der Waals surface area contributed by atoms with Crippen molar-refractivity contribution in [1.82, 2.24) is 0 Å². The molecule has 2 rings (SSSR count). The summed E-state index contributed by atoms with van der Waals surface area (Å²) in [7, 11) is -0.159. The molecule has 0 saturated carbocycles. The number of carbonyl (C=O) groups is 1. The summed E-state index contributed by atoms with van der Waals surface area (Å²) in [5.41, 5.74) is -0.513. The molecule has 0 fully saturated rings. The van der Waals surface area contributed by atoms with E-state index in [0.717, 1.165) is 13.2 Å². The molecule has 0 unspecified atom stereocenters. The lowest BCUT2D eigenvalue weighted by molar-refractivity contribution is 0.0688. The third-order valence-electron chi connectivity index (χ3n) is 2.21. The van der Waals surface area contributed by atoms with E-state index >= 15 is 0 Å². The molecule has 6 nitrogen and oxygen atoms in total. The minimum atomic E-state index is -1.43. The smallest absolute Gasteiger partial charge is 0.531 e. The van der Waals surface area contributed by atoms with Crippen molar-refractivity contribution in [1.29, 1.82) is 0 Å². The second-order valence-corrected chi connectivity index (χ2v) is 3.28. The van der Waals surface area contributed by atoms with Crippen LogP contribution in [0.2, 0.25) is 0 Å². The number of halogens is 1. The van der Waals surface area contributed by atoms with Gasteiger partial charge < -0.3 is 24.3 Å². The maximum atomic E-state index is 13.5. The van der Waals surface area contributed by atoms with Gasteiger partial charge in [0.2, 0.25) is 0 Å². The quantitative estimate of drug-likeness (QED) is 0.726. The van der Waals surface area contributed by atoms with Crippen molar-refractivity contribution in [2.24, 2.45) is 0 Å². The number of aromatic carboxylic acids is 1. The van der Waals surface area contributed by atoms with E-state index in [-0.39, 0.29) is 18.0 Å². The van der Waals surface area contributed by atoms with Crippen LogP contribution in [0.15, 0.2) is 6.07 Å². The lowest BCUT2D eigenvalue weighted by atomic mass is 9.91. The maximum absolute atomic E-state index is 13.5. The van der Waals surface area contributed by atoms with Crippen LogP contribution in [0.3, 0.4) is 0 Å². The van der Waals surface area contributed by atoms with Crippen LogP contribution in [0.4, 0.5) is 4.39 Å². The van der Waals surface area contributed by atoms with Crippen LogP contribution in [0.5, 0.6) is 17.2 Å². The zero-order valence-corrected chi connectivity index (χ0v) is 8.77. The third-order valence-corrected chi connectivity index (χ3v) is 2.21. The number of hydrogen-bond acceptors (Lipinski definition) is 5. The third kappa shape index (κ3) is 1.87. The van der Waals surface area contributed by atoms with Gasteiger partial charge in [-0.15, -0.1) is 0 Å². The van der Waals surface area contributed by atoms with Crippen molar-refractivity contribution in [2.45, 2.75) is 0 Å². The molecule has 2 N–H and O–H groups in total. The number of benzene rings is 1. The average molecular weight is 242 g/mol. The number of rotatable bonds is 2. The Bertz CT molecular complexity index is 477. The Balaban J connectivity index is 2.66. The van der Waals surface area contributed by atoms with Gasteiger partial charge in [0.25, 0.3) is 0 Å². The Morgan fingerprint density at radius 2 is 2.35 bits per heavy atom. The molecule has 0 bridgehead atoms. The van der Waals surface area contributed by atoms with Crippen LogP contribution >= 0.6 is 0 Å². The summed E-state index contributed by atoms with van der Waals surface area (Å²) in [5.74, 6) is -3.09. The first-order chi connectivity index (χ1) is 8.04. The van der Waals surface area contributed by atoms with Gasteiger partial charge in [-0.2, -0.15) is 0 Å². The average Bonchev–Trinajstić information content (AvgIpc) is 2.27. The summed E-state index contributed by atoms with van der Waals surface area (Å²) in [6, 6.07) is 0.951. The van der Waals surface area contributed by atoms with E-state index in [4.69, 9.17) is 14.5 Å². The molecule has 8 heteroatoms. The van der Waals surface area contributed by atoms with Crippen molar-refractivity contribution in [3.63, 3.8) is 0 Å². The van der Waals surface area contributed by atoms with Gasteiger partial charge in [-0.1, -0.05) is 0 Å². The number of carboxylic acids is 1. The van der Waals surface area contributed by atoms with Gasteiger partial charge in [-0.25, -0.2) is 9.18 Å². The molecular formula is C9H8BFO6. The molecule has 90 valence electrons. The Hall–Kier alpha value is -1.96. The molecule has 1 heterocycles. The predicted octanol–water partition coefficient (Wildman–Crippen LogP) is 0.323. The van der Waals surface area contributed by atoms with Crippen molar-refractivity contribution in [2.75, 3.05) is 13.6 Å².